The quantitative estimate of drug-likeness (QED) is 0.348. The molecule has 0 aromatic heterocycles. The van der Waals surface area contributed by atoms with Crippen molar-refractivity contribution in [3.8, 4) is 0 Å². The normalized spacial score (nSPS) is 10.4. The number of hydrogen-bond donors (Lipinski definition) is 0. The van der Waals surface area contributed by atoms with Crippen molar-refractivity contribution in [2.75, 3.05) is 6.61 Å². The second-order valence-corrected chi connectivity index (χ2v) is 4.38. The molecule has 0 amide bonds. The molecule has 0 aromatic rings. The average Bonchev–Trinajstić information content (AvgIpc) is 2.17. The van der Waals surface area contributed by atoms with Gasteiger partial charge in [0.25, 0.3) is 0 Å². The maximum atomic E-state index is 11.4. The molecule has 88 valence electrons. The summed E-state index contributed by atoms with van der Waals surface area (Å²) in [5.41, 5.74) is 0.617. The van der Waals surface area contributed by atoms with Gasteiger partial charge in [0.1, 0.15) is 0 Å². The molecule has 0 bridgehead atoms. The second kappa shape index (κ2) is 8.51. The van der Waals surface area contributed by atoms with Crippen LogP contribution in [0.15, 0.2) is 12.2 Å². The Balaban J connectivity index is 3.56. The molecule has 0 rings (SSSR count). The fraction of sp³-hybridized carbons (Fsp3) is 0.769. The van der Waals surface area contributed by atoms with Crippen molar-refractivity contribution in [3.63, 3.8) is 0 Å². The topological polar surface area (TPSA) is 26.3 Å². The summed E-state index contributed by atoms with van der Waals surface area (Å²) >= 11 is 0. The fourth-order valence-corrected chi connectivity index (χ4v) is 1.24. The summed E-state index contributed by atoms with van der Waals surface area (Å²) in [6.07, 6.45) is 4.92. The van der Waals surface area contributed by atoms with Crippen LogP contribution in [0.25, 0.3) is 0 Å². The highest BCUT2D eigenvalue weighted by Crippen LogP contribution is 2.12. The van der Waals surface area contributed by atoms with Gasteiger partial charge in [-0.3, -0.25) is 0 Å². The summed E-state index contributed by atoms with van der Waals surface area (Å²) in [5, 5.41) is 0. The van der Waals surface area contributed by atoms with Crippen LogP contribution in [0.3, 0.4) is 0 Å². The number of carbonyl (C=O) groups is 1. The van der Waals surface area contributed by atoms with Crippen molar-refractivity contribution in [3.05, 3.63) is 12.2 Å². The van der Waals surface area contributed by atoms with Crippen molar-refractivity contribution in [2.24, 2.45) is 5.92 Å². The van der Waals surface area contributed by atoms with Crippen molar-refractivity contribution < 1.29 is 9.53 Å². The van der Waals surface area contributed by atoms with Crippen LogP contribution in [-0.4, -0.2) is 12.6 Å². The van der Waals surface area contributed by atoms with Gasteiger partial charge in [-0.1, -0.05) is 40.2 Å². The van der Waals surface area contributed by atoms with E-state index in [0.717, 1.165) is 32.1 Å². The molecule has 0 saturated heterocycles. The smallest absolute Gasteiger partial charge is 0.333 e. The molecule has 0 heterocycles. The van der Waals surface area contributed by atoms with E-state index in [1.807, 2.05) is 0 Å². The summed E-state index contributed by atoms with van der Waals surface area (Å²) in [6, 6.07) is 0. The average molecular weight is 212 g/mol. The molecule has 0 aliphatic heterocycles. The molecule has 0 aliphatic carbocycles. The summed E-state index contributed by atoms with van der Waals surface area (Å²) in [7, 11) is 0. The van der Waals surface area contributed by atoms with E-state index in [1.165, 1.54) is 0 Å². The summed E-state index contributed by atoms with van der Waals surface area (Å²) in [6.45, 7) is 10.7. The third kappa shape index (κ3) is 8.22. The molecule has 0 spiro atoms. The highest BCUT2D eigenvalue weighted by Gasteiger charge is 2.07. The van der Waals surface area contributed by atoms with Gasteiger partial charge in [0, 0.05) is 5.57 Å². The van der Waals surface area contributed by atoms with E-state index < -0.39 is 0 Å². The van der Waals surface area contributed by atoms with Gasteiger partial charge in [-0.15, -0.1) is 0 Å². The molecule has 0 unspecified atom stereocenters. The summed E-state index contributed by atoms with van der Waals surface area (Å²) < 4.78 is 5.06. The van der Waals surface area contributed by atoms with E-state index in [1.54, 1.807) is 0 Å². The van der Waals surface area contributed by atoms with Crippen LogP contribution in [0.1, 0.15) is 52.9 Å². The highest BCUT2D eigenvalue weighted by molar-refractivity contribution is 5.87. The van der Waals surface area contributed by atoms with Crippen LogP contribution in [0, 0.1) is 5.92 Å². The van der Waals surface area contributed by atoms with Gasteiger partial charge in [0.15, 0.2) is 0 Å². The first-order valence-electron chi connectivity index (χ1n) is 5.92. The van der Waals surface area contributed by atoms with Crippen molar-refractivity contribution >= 4 is 5.97 Å². The Hall–Kier alpha value is -0.790. The molecule has 0 saturated carbocycles. The first-order valence-corrected chi connectivity index (χ1v) is 5.92. The molecule has 0 aliphatic rings. The standard InChI is InChI=1S/C13H24O2/c1-5-6-10-15-13(14)12(4)9-7-8-11(2)3/h11H,4-10H2,1-3H3. The van der Waals surface area contributed by atoms with Gasteiger partial charge < -0.3 is 4.74 Å². The summed E-state index contributed by atoms with van der Waals surface area (Å²) in [5.74, 6) is 0.473. The minimum absolute atomic E-state index is 0.216. The Morgan fingerprint density at radius 3 is 2.53 bits per heavy atom. The molecule has 2 nitrogen and oxygen atoms in total. The van der Waals surface area contributed by atoms with E-state index >= 15 is 0 Å². The molecule has 0 radical (unpaired) electrons. The predicted molar refractivity (Wildman–Crippen MR) is 63.7 cm³/mol. The molecule has 15 heavy (non-hydrogen) atoms. The number of hydrogen-bond acceptors (Lipinski definition) is 2. The van der Waals surface area contributed by atoms with Crippen LogP contribution in [-0.2, 0) is 9.53 Å². The largest absolute Gasteiger partial charge is 0.462 e. The molecule has 0 fully saturated rings. The van der Waals surface area contributed by atoms with Gasteiger partial charge >= 0.3 is 5.97 Å². The van der Waals surface area contributed by atoms with Crippen LogP contribution in [0.2, 0.25) is 0 Å². The minimum atomic E-state index is -0.216. The molecular weight excluding hydrogens is 188 g/mol. The lowest BCUT2D eigenvalue weighted by atomic mass is 10.0. The maximum Gasteiger partial charge on any atom is 0.333 e. The van der Waals surface area contributed by atoms with Crippen LogP contribution in [0.4, 0.5) is 0 Å². The molecular formula is C13H24O2. The zero-order valence-corrected chi connectivity index (χ0v) is 10.3. The van der Waals surface area contributed by atoms with Gasteiger partial charge in [-0.05, 0) is 25.2 Å². The Bertz CT molecular complexity index is 195. The maximum absolute atomic E-state index is 11.4. The Labute approximate surface area is 93.7 Å². The molecule has 0 N–H and O–H groups in total. The molecule has 2 heteroatoms. The van der Waals surface area contributed by atoms with E-state index in [9.17, 15) is 4.79 Å². The zero-order valence-electron chi connectivity index (χ0n) is 10.3. The molecule has 0 aromatic carbocycles. The number of ether oxygens (including phenoxy) is 1. The number of unbranched alkanes of at least 4 members (excludes halogenated alkanes) is 1. The van der Waals surface area contributed by atoms with Crippen molar-refractivity contribution in [1.29, 1.82) is 0 Å². The first-order chi connectivity index (χ1) is 7.07. The Morgan fingerprint density at radius 1 is 1.33 bits per heavy atom. The van der Waals surface area contributed by atoms with Crippen molar-refractivity contribution in [1.82, 2.24) is 0 Å². The van der Waals surface area contributed by atoms with E-state index in [0.29, 0.717) is 18.1 Å². The Morgan fingerprint density at radius 2 is 2.00 bits per heavy atom. The van der Waals surface area contributed by atoms with Crippen LogP contribution in [0.5, 0.6) is 0 Å². The number of carbonyl (C=O) groups excluding carboxylic acids is 1. The zero-order chi connectivity index (χ0) is 11.7. The lowest BCUT2D eigenvalue weighted by molar-refractivity contribution is -0.139. The third-order valence-corrected chi connectivity index (χ3v) is 2.28. The van der Waals surface area contributed by atoms with Gasteiger partial charge in [-0.25, -0.2) is 4.79 Å². The minimum Gasteiger partial charge on any atom is -0.462 e. The first kappa shape index (κ1) is 14.2. The van der Waals surface area contributed by atoms with Crippen molar-refractivity contribution in [2.45, 2.75) is 52.9 Å². The van der Waals surface area contributed by atoms with Gasteiger partial charge in [0.2, 0.25) is 0 Å². The predicted octanol–water partition coefficient (Wildman–Crippen LogP) is 3.71. The SMILES string of the molecule is C=C(CCCC(C)C)C(=O)OCCCC. The highest BCUT2D eigenvalue weighted by atomic mass is 16.5. The second-order valence-electron chi connectivity index (χ2n) is 4.38. The lowest BCUT2D eigenvalue weighted by Crippen LogP contribution is -2.08. The summed E-state index contributed by atoms with van der Waals surface area (Å²) in [4.78, 5) is 11.4. The Kier molecular flexibility index (Phi) is 8.06. The lowest BCUT2D eigenvalue weighted by Gasteiger charge is -2.07. The monoisotopic (exact) mass is 212 g/mol. The van der Waals surface area contributed by atoms with Gasteiger partial charge in [-0.2, -0.15) is 0 Å². The fourth-order valence-electron chi connectivity index (χ4n) is 1.24. The van der Waals surface area contributed by atoms with E-state index in [2.05, 4.69) is 27.4 Å². The third-order valence-electron chi connectivity index (χ3n) is 2.28. The number of esters is 1. The van der Waals surface area contributed by atoms with E-state index in [4.69, 9.17) is 4.74 Å². The van der Waals surface area contributed by atoms with Crippen LogP contribution >= 0.6 is 0 Å². The molecule has 0 atom stereocenters. The number of rotatable bonds is 8. The van der Waals surface area contributed by atoms with Gasteiger partial charge in [0.05, 0.1) is 6.61 Å². The van der Waals surface area contributed by atoms with E-state index in [-0.39, 0.29) is 5.97 Å². The van der Waals surface area contributed by atoms with Crippen LogP contribution < -0.4 is 0 Å².